The molecule has 0 radical (unpaired) electrons. The van der Waals surface area contributed by atoms with Gasteiger partial charge in [-0.2, -0.15) is 0 Å². The molecule has 1 aliphatic carbocycles. The Hall–Kier alpha value is -8.58. The SMILES string of the molecule is CCCCC1(c2ccccc2-c2ccccc2)c2ccccc2-c2ccc(-c3c4ccccc4c(-c4ccc(-c5cc(-c6ccccc6)cc(-c6ccccc6)c5)c5ccccc45)c4ccccc34)cc21. The molecule has 12 aromatic rings. The second-order valence-electron chi connectivity index (χ2n) is 19.3. The minimum absolute atomic E-state index is 0.334. The van der Waals surface area contributed by atoms with Crippen LogP contribution in [0.2, 0.25) is 0 Å². The van der Waals surface area contributed by atoms with Gasteiger partial charge in [0.15, 0.2) is 0 Å². The van der Waals surface area contributed by atoms with Gasteiger partial charge in [-0.25, -0.2) is 0 Å². The van der Waals surface area contributed by atoms with Crippen LogP contribution in [0.4, 0.5) is 0 Å². The summed E-state index contributed by atoms with van der Waals surface area (Å²) in [5, 5.41) is 7.52. The van der Waals surface area contributed by atoms with Crippen molar-refractivity contribution in [2.24, 2.45) is 0 Å². The smallest absolute Gasteiger partial charge is 0.0470 e. The Balaban J connectivity index is 1.03. The van der Waals surface area contributed by atoms with Crippen molar-refractivity contribution in [1.29, 1.82) is 0 Å². The summed E-state index contributed by atoms with van der Waals surface area (Å²) in [7, 11) is 0. The zero-order valence-corrected chi connectivity index (χ0v) is 39.9. The fourth-order valence-corrected chi connectivity index (χ4v) is 12.3. The Labute approximate surface area is 417 Å². The molecule has 0 aromatic heterocycles. The minimum Gasteiger partial charge on any atom is -0.0654 e. The van der Waals surface area contributed by atoms with E-state index in [1.165, 1.54) is 127 Å². The number of benzene rings is 12. The van der Waals surface area contributed by atoms with Crippen LogP contribution in [0.5, 0.6) is 0 Å². The molecule has 13 rings (SSSR count). The topological polar surface area (TPSA) is 0 Å². The van der Waals surface area contributed by atoms with Gasteiger partial charge in [-0.05, 0) is 158 Å². The Kier molecular flexibility index (Phi) is 10.6. The molecule has 336 valence electrons. The van der Waals surface area contributed by atoms with Crippen LogP contribution in [0, 0.1) is 0 Å². The second-order valence-corrected chi connectivity index (χ2v) is 19.3. The number of rotatable bonds is 10. The summed E-state index contributed by atoms with van der Waals surface area (Å²) in [6, 6.07) is 97.6. The van der Waals surface area contributed by atoms with Gasteiger partial charge in [0.25, 0.3) is 0 Å². The average molecular weight is 905 g/mol. The Bertz CT molecular complexity index is 3840. The lowest BCUT2D eigenvalue weighted by Crippen LogP contribution is -2.28. The van der Waals surface area contributed by atoms with Crippen LogP contribution < -0.4 is 0 Å². The van der Waals surface area contributed by atoms with Gasteiger partial charge in [-0.3, -0.25) is 0 Å². The van der Waals surface area contributed by atoms with Crippen molar-refractivity contribution in [3.05, 3.63) is 278 Å². The summed E-state index contributed by atoms with van der Waals surface area (Å²) >= 11 is 0. The van der Waals surface area contributed by atoms with E-state index in [0.29, 0.717) is 0 Å². The van der Waals surface area contributed by atoms with Crippen LogP contribution in [0.3, 0.4) is 0 Å². The maximum absolute atomic E-state index is 2.58. The van der Waals surface area contributed by atoms with Gasteiger partial charge in [0.2, 0.25) is 0 Å². The van der Waals surface area contributed by atoms with Crippen LogP contribution >= 0.6 is 0 Å². The van der Waals surface area contributed by atoms with Crippen molar-refractivity contribution in [3.63, 3.8) is 0 Å². The molecule has 0 spiro atoms. The normalized spacial score (nSPS) is 13.9. The largest absolute Gasteiger partial charge is 0.0654 e. The molecule has 0 nitrogen and oxygen atoms in total. The molecule has 0 fully saturated rings. The van der Waals surface area contributed by atoms with E-state index in [-0.39, 0.29) is 5.41 Å². The fraction of sp³-hybridized carbons (Fsp3) is 0.0704. The molecule has 0 saturated carbocycles. The second kappa shape index (κ2) is 17.7. The molecule has 1 aliphatic rings. The summed E-state index contributed by atoms with van der Waals surface area (Å²) in [4.78, 5) is 0. The van der Waals surface area contributed by atoms with E-state index in [1.54, 1.807) is 0 Å². The molecule has 0 amide bonds. The Morgan fingerprint density at radius 2 is 0.662 bits per heavy atom. The van der Waals surface area contributed by atoms with Gasteiger partial charge in [-0.1, -0.05) is 256 Å². The quantitative estimate of drug-likeness (QED) is 0.120. The molecule has 0 heterocycles. The molecular formula is C71H52. The van der Waals surface area contributed by atoms with Crippen LogP contribution in [-0.2, 0) is 5.41 Å². The third-order valence-electron chi connectivity index (χ3n) is 15.4. The molecule has 0 saturated heterocycles. The predicted molar refractivity (Wildman–Crippen MR) is 303 cm³/mol. The number of hydrogen-bond acceptors (Lipinski definition) is 0. The van der Waals surface area contributed by atoms with Crippen LogP contribution in [0.1, 0.15) is 42.9 Å². The fourth-order valence-electron chi connectivity index (χ4n) is 12.3. The first-order valence-corrected chi connectivity index (χ1v) is 25.3. The van der Waals surface area contributed by atoms with Gasteiger partial charge < -0.3 is 0 Å². The van der Waals surface area contributed by atoms with Gasteiger partial charge in [0, 0.05) is 5.41 Å². The summed E-state index contributed by atoms with van der Waals surface area (Å²) in [5.74, 6) is 0. The molecule has 1 atom stereocenters. The van der Waals surface area contributed by atoms with E-state index < -0.39 is 0 Å². The Morgan fingerprint density at radius 1 is 0.254 bits per heavy atom. The molecule has 0 bridgehead atoms. The van der Waals surface area contributed by atoms with Crippen molar-refractivity contribution in [2.75, 3.05) is 0 Å². The van der Waals surface area contributed by atoms with Gasteiger partial charge in [0.1, 0.15) is 0 Å². The van der Waals surface area contributed by atoms with Crippen molar-refractivity contribution in [3.8, 4) is 77.9 Å². The van der Waals surface area contributed by atoms with Gasteiger partial charge in [0.05, 0.1) is 0 Å². The van der Waals surface area contributed by atoms with Crippen molar-refractivity contribution < 1.29 is 0 Å². The lowest BCUT2D eigenvalue weighted by atomic mass is 9.67. The standard InChI is InChI=1S/C71H52/c1-2-3-43-71(66-37-21-19-29-56(66)50-27-11-6-12-28-50)67-38-22-20-32-59(67)60-40-39-51(47-68(60)71)69-61-33-15-17-35-63(61)70(64-36-18-16-34-62(64)69)65-42-41-55(57-30-13-14-31-58(57)65)54-45-52(48-23-7-4-8-24-48)44-53(46-54)49-25-9-5-10-26-49/h4-42,44-47H,2-3,43H2,1H3. The van der Waals surface area contributed by atoms with Crippen LogP contribution in [0.15, 0.2) is 261 Å². The molecular weight excluding hydrogens is 853 g/mol. The zero-order valence-electron chi connectivity index (χ0n) is 39.9. The third-order valence-corrected chi connectivity index (χ3v) is 15.4. The first-order chi connectivity index (χ1) is 35.2. The van der Waals surface area contributed by atoms with Crippen LogP contribution in [0.25, 0.3) is 110 Å². The maximum atomic E-state index is 2.58. The lowest BCUT2D eigenvalue weighted by molar-refractivity contribution is 0.539. The maximum Gasteiger partial charge on any atom is 0.0470 e. The number of hydrogen-bond donors (Lipinski definition) is 0. The lowest BCUT2D eigenvalue weighted by Gasteiger charge is -2.35. The molecule has 12 aromatic carbocycles. The summed E-state index contributed by atoms with van der Waals surface area (Å²) in [6.07, 6.45) is 3.25. The van der Waals surface area contributed by atoms with E-state index >= 15 is 0 Å². The minimum atomic E-state index is -0.334. The monoisotopic (exact) mass is 904 g/mol. The van der Waals surface area contributed by atoms with Crippen molar-refractivity contribution in [2.45, 2.75) is 31.6 Å². The first kappa shape index (κ1) is 42.5. The Morgan fingerprint density at radius 3 is 1.24 bits per heavy atom. The molecule has 0 aliphatic heterocycles. The molecule has 0 heteroatoms. The van der Waals surface area contributed by atoms with E-state index in [9.17, 15) is 0 Å². The van der Waals surface area contributed by atoms with Crippen molar-refractivity contribution >= 4 is 32.3 Å². The summed E-state index contributed by atoms with van der Waals surface area (Å²) in [5.41, 5.74) is 21.4. The van der Waals surface area contributed by atoms with Crippen molar-refractivity contribution in [1.82, 2.24) is 0 Å². The number of unbranched alkanes of at least 4 members (excludes halogenated alkanes) is 1. The average Bonchev–Trinajstić information content (AvgIpc) is 3.73. The highest BCUT2D eigenvalue weighted by Crippen LogP contribution is 2.58. The molecule has 0 N–H and O–H groups in total. The van der Waals surface area contributed by atoms with Crippen LogP contribution in [-0.4, -0.2) is 0 Å². The number of fused-ring (bicyclic) bond motifs is 6. The predicted octanol–water partition coefficient (Wildman–Crippen LogP) is 19.7. The summed E-state index contributed by atoms with van der Waals surface area (Å²) < 4.78 is 0. The van der Waals surface area contributed by atoms with E-state index in [0.717, 1.165) is 19.3 Å². The van der Waals surface area contributed by atoms with E-state index in [2.05, 4.69) is 268 Å². The first-order valence-electron chi connectivity index (χ1n) is 25.3. The third kappa shape index (κ3) is 7.05. The molecule has 71 heavy (non-hydrogen) atoms. The summed E-state index contributed by atoms with van der Waals surface area (Å²) in [6.45, 7) is 2.33. The molecule has 1 unspecified atom stereocenters. The highest BCUT2D eigenvalue weighted by molar-refractivity contribution is 6.24. The van der Waals surface area contributed by atoms with Gasteiger partial charge in [-0.15, -0.1) is 0 Å². The van der Waals surface area contributed by atoms with Gasteiger partial charge >= 0.3 is 0 Å². The highest BCUT2D eigenvalue weighted by Gasteiger charge is 2.45. The van der Waals surface area contributed by atoms with E-state index in [1.807, 2.05) is 0 Å². The van der Waals surface area contributed by atoms with E-state index in [4.69, 9.17) is 0 Å². The zero-order chi connectivity index (χ0) is 47.3. The highest BCUT2D eigenvalue weighted by atomic mass is 14.5.